The van der Waals surface area contributed by atoms with Crippen LogP contribution in [0.4, 0.5) is 17.5 Å². The monoisotopic (exact) mass is 411 g/mol. The summed E-state index contributed by atoms with van der Waals surface area (Å²) in [5, 5.41) is 3.06. The number of aryl methyl sites for hydroxylation is 1. The molecule has 26 heavy (non-hydrogen) atoms. The van der Waals surface area contributed by atoms with E-state index in [-0.39, 0.29) is 16.9 Å². The Morgan fingerprint density at radius 2 is 2.04 bits per heavy atom. The molecule has 0 saturated heterocycles. The summed E-state index contributed by atoms with van der Waals surface area (Å²) in [5.74, 6) is 0.455. The van der Waals surface area contributed by atoms with Gasteiger partial charge in [0.05, 0.1) is 5.69 Å². The maximum Gasteiger partial charge on any atom is 0.263 e. The second-order valence-corrected chi connectivity index (χ2v) is 6.66. The fourth-order valence-electron chi connectivity index (χ4n) is 2.39. The molecule has 1 heterocycles. The van der Waals surface area contributed by atoms with Crippen molar-refractivity contribution in [1.82, 2.24) is 9.97 Å². The number of H-pyrrole nitrogens is 1. The summed E-state index contributed by atoms with van der Waals surface area (Å²) < 4.78 is 0.974. The number of aromatic nitrogens is 2. The van der Waals surface area contributed by atoms with Gasteiger partial charge in [-0.3, -0.25) is 14.8 Å². The first kappa shape index (κ1) is 17.9. The normalized spacial score (nSPS) is 11.0. The molecule has 2 aromatic carbocycles. The fourth-order valence-corrected chi connectivity index (χ4v) is 2.86. The van der Waals surface area contributed by atoms with Gasteiger partial charge in [-0.1, -0.05) is 46.3 Å². The lowest BCUT2D eigenvalue weighted by Crippen LogP contribution is -2.19. The van der Waals surface area contributed by atoms with Gasteiger partial charge in [0.2, 0.25) is 5.95 Å². The Labute approximate surface area is 159 Å². The van der Waals surface area contributed by atoms with Crippen molar-refractivity contribution in [3.05, 3.63) is 80.0 Å². The summed E-state index contributed by atoms with van der Waals surface area (Å²) in [6.07, 6.45) is 1.44. The topological polar surface area (TPSA) is 96.2 Å². The minimum Gasteiger partial charge on any atom is -0.383 e. The molecule has 0 aliphatic rings. The van der Waals surface area contributed by atoms with Gasteiger partial charge in [0.15, 0.2) is 0 Å². The van der Waals surface area contributed by atoms with Crippen molar-refractivity contribution in [3.8, 4) is 0 Å². The van der Waals surface area contributed by atoms with Gasteiger partial charge in [0.25, 0.3) is 5.56 Å². The zero-order valence-electron chi connectivity index (χ0n) is 14.2. The molecular formula is C19H18BrN5O. The molecule has 7 heteroatoms. The lowest BCUT2D eigenvalue weighted by molar-refractivity contribution is 1.04. The van der Waals surface area contributed by atoms with E-state index in [1.807, 2.05) is 55.5 Å². The molecule has 0 spiro atoms. The highest BCUT2D eigenvalue weighted by molar-refractivity contribution is 9.10. The van der Waals surface area contributed by atoms with Crippen molar-refractivity contribution in [2.75, 3.05) is 11.1 Å². The van der Waals surface area contributed by atoms with Crippen molar-refractivity contribution >= 4 is 39.6 Å². The smallest absolute Gasteiger partial charge is 0.263 e. The van der Waals surface area contributed by atoms with E-state index in [0.29, 0.717) is 12.5 Å². The summed E-state index contributed by atoms with van der Waals surface area (Å²) in [4.78, 5) is 23.6. The van der Waals surface area contributed by atoms with Crippen LogP contribution in [0.15, 0.2) is 62.8 Å². The molecule has 0 atom stereocenters. The van der Waals surface area contributed by atoms with Gasteiger partial charge in [-0.05, 0) is 36.2 Å². The van der Waals surface area contributed by atoms with E-state index in [1.165, 1.54) is 6.21 Å². The average Bonchev–Trinajstić information content (AvgIpc) is 2.62. The van der Waals surface area contributed by atoms with Gasteiger partial charge in [0.1, 0.15) is 11.4 Å². The van der Waals surface area contributed by atoms with Gasteiger partial charge in [-0.25, -0.2) is 0 Å². The van der Waals surface area contributed by atoms with Gasteiger partial charge in [-0.15, -0.1) is 0 Å². The Hall–Kier alpha value is -2.93. The summed E-state index contributed by atoms with van der Waals surface area (Å²) in [5.41, 5.74) is 8.66. The quantitative estimate of drug-likeness (QED) is 0.556. The van der Waals surface area contributed by atoms with Crippen LogP contribution < -0.4 is 16.6 Å². The Kier molecular flexibility index (Phi) is 5.48. The Morgan fingerprint density at radius 1 is 1.27 bits per heavy atom. The van der Waals surface area contributed by atoms with Gasteiger partial charge in [0, 0.05) is 17.2 Å². The van der Waals surface area contributed by atoms with E-state index < -0.39 is 0 Å². The number of aliphatic imine (C=N–C) groups is 1. The number of hydrogen-bond donors (Lipinski definition) is 3. The third kappa shape index (κ3) is 4.37. The number of benzene rings is 2. The third-order valence-electron chi connectivity index (χ3n) is 3.78. The molecule has 0 aliphatic heterocycles. The maximum atomic E-state index is 12.3. The van der Waals surface area contributed by atoms with Crippen molar-refractivity contribution in [2.45, 2.75) is 13.5 Å². The number of anilines is 2. The number of aromatic amines is 1. The molecular weight excluding hydrogens is 394 g/mol. The highest BCUT2D eigenvalue weighted by atomic mass is 79.9. The van der Waals surface area contributed by atoms with E-state index in [9.17, 15) is 4.79 Å². The summed E-state index contributed by atoms with van der Waals surface area (Å²) in [6.45, 7) is 2.48. The zero-order valence-corrected chi connectivity index (χ0v) is 15.7. The van der Waals surface area contributed by atoms with Crippen LogP contribution in [-0.4, -0.2) is 16.2 Å². The third-order valence-corrected chi connectivity index (χ3v) is 4.27. The molecule has 0 amide bonds. The summed E-state index contributed by atoms with van der Waals surface area (Å²) in [7, 11) is 0. The van der Waals surface area contributed by atoms with Crippen molar-refractivity contribution in [2.24, 2.45) is 4.99 Å². The molecule has 0 bridgehead atoms. The number of halogens is 1. The largest absolute Gasteiger partial charge is 0.383 e. The number of nitrogens with one attached hydrogen (secondary N) is 2. The molecule has 1 aromatic heterocycles. The minimum atomic E-state index is -0.341. The van der Waals surface area contributed by atoms with Gasteiger partial charge < -0.3 is 11.1 Å². The van der Waals surface area contributed by atoms with Crippen molar-refractivity contribution < 1.29 is 0 Å². The Balaban J connectivity index is 1.79. The summed E-state index contributed by atoms with van der Waals surface area (Å²) in [6, 6.07) is 15.5. The molecule has 0 saturated carbocycles. The lowest BCUT2D eigenvalue weighted by atomic mass is 10.2. The number of hydrogen-bond acceptors (Lipinski definition) is 5. The molecule has 0 radical (unpaired) electrons. The molecule has 132 valence electrons. The molecule has 3 aromatic rings. The second-order valence-electron chi connectivity index (χ2n) is 5.74. The van der Waals surface area contributed by atoms with Crippen LogP contribution in [0.2, 0.25) is 0 Å². The van der Waals surface area contributed by atoms with E-state index >= 15 is 0 Å². The van der Waals surface area contributed by atoms with Crippen LogP contribution >= 0.6 is 15.9 Å². The zero-order chi connectivity index (χ0) is 18.5. The van der Waals surface area contributed by atoms with Gasteiger partial charge >= 0.3 is 0 Å². The van der Waals surface area contributed by atoms with Crippen molar-refractivity contribution in [1.29, 1.82) is 0 Å². The molecule has 0 fully saturated rings. The predicted octanol–water partition coefficient (Wildman–Crippen LogP) is 3.79. The van der Waals surface area contributed by atoms with Crippen LogP contribution in [-0.2, 0) is 6.54 Å². The predicted molar refractivity (Wildman–Crippen MR) is 109 cm³/mol. The van der Waals surface area contributed by atoms with Crippen LogP contribution in [0.25, 0.3) is 0 Å². The highest BCUT2D eigenvalue weighted by Gasteiger charge is 2.07. The highest BCUT2D eigenvalue weighted by Crippen LogP contribution is 2.22. The van der Waals surface area contributed by atoms with Gasteiger partial charge in [-0.2, -0.15) is 4.98 Å². The van der Waals surface area contributed by atoms with Crippen LogP contribution in [0.3, 0.4) is 0 Å². The van der Waals surface area contributed by atoms with Crippen LogP contribution in [0.5, 0.6) is 0 Å². The van der Waals surface area contributed by atoms with E-state index in [0.717, 1.165) is 21.3 Å². The Morgan fingerprint density at radius 3 is 2.73 bits per heavy atom. The molecule has 0 unspecified atom stereocenters. The molecule has 0 aliphatic carbocycles. The summed E-state index contributed by atoms with van der Waals surface area (Å²) >= 11 is 3.41. The standard InChI is InChI=1S/C19H18BrN5O/c1-12-9-14(20)7-8-16(12)22-11-15-17(21)24-19(25-18(15)26)23-10-13-5-3-2-4-6-13/h2-9,11H,10H2,1H3,(H4,21,23,24,25,26). The molecule has 3 rings (SSSR count). The average molecular weight is 412 g/mol. The van der Waals surface area contributed by atoms with Crippen LogP contribution in [0, 0.1) is 6.92 Å². The fraction of sp³-hybridized carbons (Fsp3) is 0.105. The number of rotatable bonds is 5. The van der Waals surface area contributed by atoms with Crippen LogP contribution in [0.1, 0.15) is 16.7 Å². The number of nitrogens with zero attached hydrogens (tertiary/aromatic N) is 2. The first-order chi connectivity index (χ1) is 12.5. The first-order valence-corrected chi connectivity index (χ1v) is 8.80. The second kappa shape index (κ2) is 7.97. The SMILES string of the molecule is Cc1cc(Br)ccc1N=Cc1c(N)nc(NCc2ccccc2)[nH]c1=O. The number of nitrogen functional groups attached to an aromatic ring is 1. The molecule has 4 N–H and O–H groups in total. The van der Waals surface area contributed by atoms with E-state index in [4.69, 9.17) is 5.73 Å². The first-order valence-electron chi connectivity index (χ1n) is 8.01. The molecule has 6 nitrogen and oxygen atoms in total. The minimum absolute atomic E-state index is 0.128. The lowest BCUT2D eigenvalue weighted by Gasteiger charge is -2.07. The Bertz CT molecular complexity index is 999. The van der Waals surface area contributed by atoms with E-state index in [2.05, 4.69) is 36.2 Å². The maximum absolute atomic E-state index is 12.3. The number of nitrogens with two attached hydrogens (primary N) is 1. The van der Waals surface area contributed by atoms with E-state index in [1.54, 1.807) is 0 Å². The van der Waals surface area contributed by atoms with Crippen molar-refractivity contribution in [3.63, 3.8) is 0 Å².